The van der Waals surface area contributed by atoms with Crippen LogP contribution in [-0.2, 0) is 11.3 Å². The Bertz CT molecular complexity index is 1110. The van der Waals surface area contributed by atoms with Crippen molar-refractivity contribution in [2.45, 2.75) is 45.8 Å². The average Bonchev–Trinajstić information content (AvgIpc) is 3.26. The summed E-state index contributed by atoms with van der Waals surface area (Å²) < 4.78 is 6.46. The maximum absolute atomic E-state index is 13.1. The second-order valence-electron chi connectivity index (χ2n) is 8.93. The molecule has 0 spiro atoms. The molecule has 0 aliphatic carbocycles. The summed E-state index contributed by atoms with van der Waals surface area (Å²) in [4.78, 5) is 29.2. The Hall–Kier alpha value is -3.05. The smallest absolute Gasteiger partial charge is 0.423 e. The fourth-order valence-electron chi connectivity index (χ4n) is 4.15. The number of carbonyl (C=O) groups is 2. The van der Waals surface area contributed by atoms with Crippen LogP contribution in [0.25, 0.3) is 11.1 Å². The number of nitriles is 1. The first-order valence-electron chi connectivity index (χ1n) is 10.6. The normalized spacial score (nSPS) is 15.8. The Kier molecular flexibility index (Phi) is 5.87. The second-order valence-corrected chi connectivity index (χ2v) is 9.85. The quantitative estimate of drug-likeness (QED) is 0.588. The average molecular weight is 497 g/mol. The van der Waals surface area contributed by atoms with Gasteiger partial charge in [-0.05, 0) is 57.4 Å². The molecule has 0 aromatic heterocycles. The van der Waals surface area contributed by atoms with Gasteiger partial charge in [-0.1, -0.05) is 28.1 Å². The van der Waals surface area contributed by atoms with Crippen molar-refractivity contribution in [2.75, 3.05) is 22.9 Å². The highest BCUT2D eigenvalue weighted by atomic mass is 79.9. The van der Waals surface area contributed by atoms with E-state index in [0.29, 0.717) is 22.4 Å². The van der Waals surface area contributed by atoms with Crippen LogP contribution in [0.4, 0.5) is 21.0 Å². The van der Waals surface area contributed by atoms with Gasteiger partial charge in [-0.25, -0.2) is 9.59 Å². The fraction of sp³-hybridized carbons (Fsp3) is 0.375. The molecule has 0 unspecified atom stereocenters. The monoisotopic (exact) mass is 496 g/mol. The zero-order chi connectivity index (χ0) is 23.0. The molecule has 8 heteroatoms. The Morgan fingerprint density at radius 3 is 2.44 bits per heavy atom. The van der Waals surface area contributed by atoms with Gasteiger partial charge in [-0.2, -0.15) is 10.2 Å². The number of nitrogens with zero attached hydrogens (tertiary/aromatic N) is 3. The van der Waals surface area contributed by atoms with Crippen molar-refractivity contribution in [1.82, 2.24) is 5.32 Å². The Morgan fingerprint density at radius 2 is 1.84 bits per heavy atom. The summed E-state index contributed by atoms with van der Waals surface area (Å²) in [6.07, 6.45) is 1.36. The summed E-state index contributed by atoms with van der Waals surface area (Å²) >= 11 is 3.46. The van der Waals surface area contributed by atoms with Gasteiger partial charge < -0.3 is 15.0 Å². The molecule has 166 valence electrons. The number of carbonyl (C=O) groups excluding carboxylic acids is 2. The number of hydrogen-bond acceptors (Lipinski definition) is 5. The molecule has 2 aliphatic rings. The van der Waals surface area contributed by atoms with Crippen molar-refractivity contribution in [2.24, 2.45) is 0 Å². The largest absolute Gasteiger partial charge is 0.443 e. The highest BCUT2D eigenvalue weighted by molar-refractivity contribution is 9.10. The summed E-state index contributed by atoms with van der Waals surface area (Å²) in [7, 11) is 0. The van der Waals surface area contributed by atoms with E-state index in [0.717, 1.165) is 46.6 Å². The van der Waals surface area contributed by atoms with Crippen LogP contribution < -0.4 is 15.1 Å². The van der Waals surface area contributed by atoms with E-state index < -0.39 is 17.7 Å². The molecule has 0 saturated carbocycles. The molecule has 0 radical (unpaired) electrons. The van der Waals surface area contributed by atoms with E-state index >= 15 is 0 Å². The number of nitrogens with one attached hydrogen (secondary N) is 1. The van der Waals surface area contributed by atoms with E-state index in [1.807, 2.05) is 30.3 Å². The number of ether oxygens (including phenoxy) is 1. The SMILES string of the molecule is CC(C)(C)OC(=O)N1C(=O)NCc2c(C#N)c(N3CCCC3)cc(-c3ccc(Br)cc3)c21. The van der Waals surface area contributed by atoms with Crippen LogP contribution in [0.1, 0.15) is 44.7 Å². The van der Waals surface area contributed by atoms with Gasteiger partial charge >= 0.3 is 12.1 Å². The first-order valence-corrected chi connectivity index (χ1v) is 11.4. The zero-order valence-corrected chi connectivity index (χ0v) is 20.0. The minimum atomic E-state index is -0.777. The summed E-state index contributed by atoms with van der Waals surface area (Å²) in [5.41, 5.74) is 3.13. The van der Waals surface area contributed by atoms with Crippen molar-refractivity contribution in [3.63, 3.8) is 0 Å². The lowest BCUT2D eigenvalue weighted by Gasteiger charge is -2.34. The van der Waals surface area contributed by atoms with E-state index in [2.05, 4.69) is 32.2 Å². The number of rotatable bonds is 2. The topological polar surface area (TPSA) is 85.7 Å². The number of benzene rings is 2. The number of urea groups is 1. The van der Waals surface area contributed by atoms with E-state index in [4.69, 9.17) is 4.74 Å². The molecule has 1 N–H and O–H groups in total. The summed E-state index contributed by atoms with van der Waals surface area (Å²) in [5.74, 6) is 0. The fourth-order valence-corrected chi connectivity index (χ4v) is 4.41. The van der Waals surface area contributed by atoms with Crippen LogP contribution >= 0.6 is 15.9 Å². The third-order valence-electron chi connectivity index (χ3n) is 5.51. The molecule has 32 heavy (non-hydrogen) atoms. The van der Waals surface area contributed by atoms with E-state index in [9.17, 15) is 14.9 Å². The van der Waals surface area contributed by atoms with Crippen LogP contribution in [0, 0.1) is 11.3 Å². The summed E-state index contributed by atoms with van der Waals surface area (Å²) in [6, 6.07) is 11.4. The van der Waals surface area contributed by atoms with Gasteiger partial charge in [0.05, 0.1) is 16.9 Å². The highest BCUT2D eigenvalue weighted by Gasteiger charge is 2.38. The highest BCUT2D eigenvalue weighted by Crippen LogP contribution is 2.43. The zero-order valence-electron chi connectivity index (χ0n) is 18.4. The van der Waals surface area contributed by atoms with E-state index in [1.54, 1.807) is 20.8 Å². The third-order valence-corrected chi connectivity index (χ3v) is 6.04. The molecule has 2 heterocycles. The maximum atomic E-state index is 13.1. The number of halogens is 1. The van der Waals surface area contributed by atoms with Gasteiger partial charge in [0.1, 0.15) is 11.7 Å². The molecule has 7 nitrogen and oxygen atoms in total. The van der Waals surface area contributed by atoms with Crippen molar-refractivity contribution in [3.8, 4) is 17.2 Å². The maximum Gasteiger partial charge on any atom is 0.423 e. The van der Waals surface area contributed by atoms with Gasteiger partial charge in [0.2, 0.25) is 0 Å². The lowest BCUT2D eigenvalue weighted by molar-refractivity contribution is 0.0591. The number of fused-ring (bicyclic) bond motifs is 1. The number of imide groups is 1. The Balaban J connectivity index is 1.98. The second kappa shape index (κ2) is 8.47. The molecule has 4 rings (SSSR count). The van der Waals surface area contributed by atoms with E-state index in [1.165, 1.54) is 0 Å². The van der Waals surface area contributed by atoms with Crippen LogP contribution in [-0.4, -0.2) is 30.8 Å². The van der Waals surface area contributed by atoms with E-state index in [-0.39, 0.29) is 6.54 Å². The Labute approximate surface area is 196 Å². The van der Waals surface area contributed by atoms with Crippen molar-refractivity contribution < 1.29 is 14.3 Å². The number of hydrogen-bond donors (Lipinski definition) is 1. The standard InChI is InChI=1S/C24H25BrN4O3/c1-24(2,3)32-23(31)29-21-17(15-6-8-16(25)9-7-15)12-20(28-10-4-5-11-28)18(13-26)19(21)14-27-22(29)30/h6-9,12H,4-5,10-11,14H2,1-3H3,(H,27,30). The van der Waals surface area contributed by atoms with Crippen molar-refractivity contribution in [1.29, 1.82) is 5.26 Å². The molecule has 0 atom stereocenters. The summed E-state index contributed by atoms with van der Waals surface area (Å²) in [6.45, 7) is 7.16. The lowest BCUT2D eigenvalue weighted by Crippen LogP contribution is -2.50. The van der Waals surface area contributed by atoms with Crippen LogP contribution in [0.3, 0.4) is 0 Å². The van der Waals surface area contributed by atoms with Gasteiger partial charge in [0, 0.05) is 35.2 Å². The molecule has 2 aromatic rings. The molecule has 1 fully saturated rings. The van der Waals surface area contributed by atoms with Crippen LogP contribution in [0.5, 0.6) is 0 Å². The molecule has 0 bridgehead atoms. The third kappa shape index (κ3) is 4.17. The molecule has 3 amide bonds. The number of anilines is 2. The van der Waals surface area contributed by atoms with Crippen LogP contribution in [0.15, 0.2) is 34.8 Å². The minimum absolute atomic E-state index is 0.168. The van der Waals surface area contributed by atoms with Crippen LogP contribution in [0.2, 0.25) is 0 Å². The predicted molar refractivity (Wildman–Crippen MR) is 127 cm³/mol. The van der Waals surface area contributed by atoms with Gasteiger partial charge in [-0.3, -0.25) is 0 Å². The predicted octanol–water partition coefficient (Wildman–Crippen LogP) is 5.55. The molecule has 2 aliphatic heterocycles. The van der Waals surface area contributed by atoms with Gasteiger partial charge in [0.25, 0.3) is 0 Å². The minimum Gasteiger partial charge on any atom is -0.443 e. The van der Waals surface area contributed by atoms with Crippen molar-refractivity contribution >= 4 is 39.4 Å². The Morgan fingerprint density at radius 1 is 1.19 bits per heavy atom. The summed E-state index contributed by atoms with van der Waals surface area (Å²) in [5, 5.41) is 12.8. The molecular formula is C24H25BrN4O3. The molecule has 1 saturated heterocycles. The lowest BCUT2D eigenvalue weighted by atomic mass is 9.92. The number of amides is 3. The first-order chi connectivity index (χ1) is 15.2. The van der Waals surface area contributed by atoms with Gasteiger partial charge in [0.15, 0.2) is 0 Å². The molecular weight excluding hydrogens is 472 g/mol. The van der Waals surface area contributed by atoms with Crippen molar-refractivity contribution in [3.05, 3.63) is 45.9 Å². The molecule has 2 aromatic carbocycles. The first kappa shape index (κ1) is 22.2. The van der Waals surface area contributed by atoms with Gasteiger partial charge in [-0.15, -0.1) is 0 Å².